The fourth-order valence-corrected chi connectivity index (χ4v) is 4.05. The van der Waals surface area contributed by atoms with E-state index in [1.54, 1.807) is 58.9 Å². The fraction of sp³-hybridized carbons (Fsp3) is 0.625. The smallest absolute Gasteiger partial charge is 0.331 e. The van der Waals surface area contributed by atoms with Gasteiger partial charge in [-0.2, -0.15) is 0 Å². The number of amides is 5. The Balaban J connectivity index is 2.95. The molecule has 1 aromatic carbocycles. The first kappa shape index (κ1) is 39.8. The molecule has 0 aromatic heterocycles. The van der Waals surface area contributed by atoms with Gasteiger partial charge >= 0.3 is 5.97 Å². The summed E-state index contributed by atoms with van der Waals surface area (Å²) in [5, 5.41) is 13.3. The van der Waals surface area contributed by atoms with E-state index in [1.165, 1.54) is 55.4 Å². The molecular weight excluding hydrogens is 693 g/mol. The maximum atomic E-state index is 13.3. The van der Waals surface area contributed by atoms with Crippen molar-refractivity contribution in [3.8, 4) is 0 Å². The zero-order valence-corrected chi connectivity index (χ0v) is 30.9. The van der Waals surface area contributed by atoms with E-state index < -0.39 is 69.3 Å². The van der Waals surface area contributed by atoms with Crippen molar-refractivity contribution in [1.82, 2.24) is 26.6 Å². The zero-order valence-electron chi connectivity index (χ0n) is 28.7. The number of hydrogen-bond acceptors (Lipinski definition) is 7. The van der Waals surface area contributed by atoms with Gasteiger partial charge < -0.3 is 31.3 Å². The molecule has 5 amide bonds. The minimum Gasteiger partial charge on any atom is -0.458 e. The van der Waals surface area contributed by atoms with Crippen LogP contribution < -0.4 is 26.6 Å². The van der Waals surface area contributed by atoms with Crippen molar-refractivity contribution in [3.63, 3.8) is 0 Å². The summed E-state index contributed by atoms with van der Waals surface area (Å²) in [5.74, 6) is -3.94. The molecule has 0 radical (unpaired) electrons. The maximum absolute atomic E-state index is 13.3. The highest BCUT2D eigenvalue weighted by molar-refractivity contribution is 14.1. The van der Waals surface area contributed by atoms with Crippen molar-refractivity contribution in [2.24, 2.45) is 5.92 Å². The molecule has 0 heterocycles. The van der Waals surface area contributed by atoms with Crippen molar-refractivity contribution in [3.05, 3.63) is 33.4 Å². The SMILES string of the molecule is CC(C)[C@H](NC(=O)c1ccc(I)cc1)C(=O)NC(C)(C)C(=O)NC(C)(C)C(=O)NC(C)(C)C(=O)NC(C)(C)C(=O)OC(C)(C)C. The van der Waals surface area contributed by atoms with Crippen LogP contribution >= 0.6 is 22.6 Å². The van der Waals surface area contributed by atoms with Gasteiger partial charge in [-0.25, -0.2) is 4.79 Å². The largest absolute Gasteiger partial charge is 0.458 e. The molecule has 12 nitrogen and oxygen atoms in total. The highest BCUT2D eigenvalue weighted by Crippen LogP contribution is 2.17. The van der Waals surface area contributed by atoms with E-state index in [9.17, 15) is 28.8 Å². The third-order valence-corrected chi connectivity index (χ3v) is 7.39. The summed E-state index contributed by atoms with van der Waals surface area (Å²) in [6, 6.07) is 5.94. The normalized spacial score (nSPS) is 13.3. The van der Waals surface area contributed by atoms with Crippen LogP contribution in [0.4, 0.5) is 0 Å². The second-order valence-electron chi connectivity index (χ2n) is 14.6. The summed E-state index contributed by atoms with van der Waals surface area (Å²) < 4.78 is 6.34. The first-order valence-corrected chi connectivity index (χ1v) is 15.8. The van der Waals surface area contributed by atoms with Gasteiger partial charge in [0.1, 0.15) is 33.8 Å². The standard InChI is InChI=1S/C32H50IN5O7/c1-18(2)21(34-22(39)19-14-16-20(33)17-15-19)23(40)35-29(6,7)24(41)36-30(8,9)25(42)37-31(10,11)26(43)38-32(12,13)27(44)45-28(3,4)5/h14-18,21H,1-13H3,(H,34,39)(H,35,40)(H,36,41)(H,37,42)(H,38,43)/t21-/m0/s1. The Hall–Kier alpha value is -3.23. The number of ether oxygens (including phenoxy) is 1. The number of hydrogen-bond donors (Lipinski definition) is 5. The molecule has 13 heteroatoms. The van der Waals surface area contributed by atoms with Crippen LogP contribution in [0, 0.1) is 9.49 Å². The number of benzene rings is 1. The Labute approximate surface area is 280 Å². The quantitative estimate of drug-likeness (QED) is 0.162. The van der Waals surface area contributed by atoms with Crippen LogP contribution in [0.15, 0.2) is 24.3 Å². The molecule has 0 fully saturated rings. The van der Waals surface area contributed by atoms with E-state index in [4.69, 9.17) is 4.74 Å². The van der Waals surface area contributed by atoms with Crippen LogP contribution in [0.5, 0.6) is 0 Å². The minimum absolute atomic E-state index is 0.299. The third kappa shape index (κ3) is 11.9. The molecule has 0 spiro atoms. The molecule has 1 aromatic rings. The van der Waals surface area contributed by atoms with Crippen molar-refractivity contribution < 1.29 is 33.5 Å². The number of carbonyl (C=O) groups excluding carboxylic acids is 6. The number of carbonyl (C=O) groups is 6. The van der Waals surface area contributed by atoms with Gasteiger partial charge in [-0.1, -0.05) is 13.8 Å². The van der Waals surface area contributed by atoms with Gasteiger partial charge in [-0.05, 0) is 129 Å². The van der Waals surface area contributed by atoms with Gasteiger partial charge in [0, 0.05) is 9.13 Å². The van der Waals surface area contributed by atoms with Crippen LogP contribution in [-0.2, 0) is 28.7 Å². The van der Waals surface area contributed by atoms with Crippen molar-refractivity contribution in [2.45, 2.75) is 124 Å². The molecule has 0 saturated carbocycles. The average Bonchev–Trinajstić information content (AvgIpc) is 2.85. The molecular formula is C32H50IN5O7. The van der Waals surface area contributed by atoms with Gasteiger partial charge in [-0.15, -0.1) is 0 Å². The van der Waals surface area contributed by atoms with Crippen LogP contribution in [0.25, 0.3) is 0 Å². The lowest BCUT2D eigenvalue weighted by Gasteiger charge is -2.36. The summed E-state index contributed by atoms with van der Waals surface area (Å²) in [7, 11) is 0. The number of esters is 1. The van der Waals surface area contributed by atoms with E-state index >= 15 is 0 Å². The Morgan fingerprint density at radius 2 is 1.00 bits per heavy atom. The van der Waals surface area contributed by atoms with E-state index in [0.29, 0.717) is 5.56 Å². The van der Waals surface area contributed by atoms with Crippen molar-refractivity contribution in [2.75, 3.05) is 0 Å². The van der Waals surface area contributed by atoms with Gasteiger partial charge in [0.2, 0.25) is 23.6 Å². The van der Waals surface area contributed by atoms with Gasteiger partial charge in [0.05, 0.1) is 0 Å². The van der Waals surface area contributed by atoms with E-state index in [-0.39, 0.29) is 5.92 Å². The Morgan fingerprint density at radius 3 is 1.38 bits per heavy atom. The predicted molar refractivity (Wildman–Crippen MR) is 180 cm³/mol. The summed E-state index contributed by atoms with van der Waals surface area (Å²) in [4.78, 5) is 78.4. The van der Waals surface area contributed by atoms with Crippen LogP contribution in [0.3, 0.4) is 0 Å². The summed E-state index contributed by atoms with van der Waals surface area (Å²) in [6.45, 7) is 20.4. The van der Waals surface area contributed by atoms with Crippen LogP contribution in [-0.4, -0.2) is 69.3 Å². The lowest BCUT2D eigenvalue weighted by molar-refractivity contribution is -0.163. The van der Waals surface area contributed by atoms with Gasteiger partial charge in [-0.3, -0.25) is 24.0 Å². The highest BCUT2D eigenvalue weighted by Gasteiger charge is 2.43. The first-order valence-electron chi connectivity index (χ1n) is 14.7. The summed E-state index contributed by atoms with van der Waals surface area (Å²) >= 11 is 2.13. The topological polar surface area (TPSA) is 172 Å². The molecule has 0 aliphatic heterocycles. The molecule has 5 N–H and O–H groups in total. The number of halogens is 1. The number of nitrogens with one attached hydrogen (secondary N) is 5. The lowest BCUT2D eigenvalue weighted by Crippen LogP contribution is -2.68. The van der Waals surface area contributed by atoms with Gasteiger partial charge in [0.25, 0.3) is 5.91 Å². The highest BCUT2D eigenvalue weighted by atomic mass is 127. The first-order chi connectivity index (χ1) is 20.1. The second kappa shape index (κ2) is 14.5. The molecule has 45 heavy (non-hydrogen) atoms. The predicted octanol–water partition coefficient (Wildman–Crippen LogP) is 2.97. The Morgan fingerprint density at radius 1 is 0.622 bits per heavy atom. The van der Waals surface area contributed by atoms with Crippen LogP contribution in [0.1, 0.15) is 100 Å². The minimum atomic E-state index is -1.52. The molecule has 0 saturated heterocycles. The third-order valence-electron chi connectivity index (χ3n) is 6.67. The Kier molecular flexibility index (Phi) is 12.8. The zero-order chi connectivity index (χ0) is 35.3. The summed E-state index contributed by atoms with van der Waals surface area (Å²) in [5.41, 5.74) is -6.24. The lowest BCUT2D eigenvalue weighted by atomic mass is 9.95. The maximum Gasteiger partial charge on any atom is 0.331 e. The van der Waals surface area contributed by atoms with Crippen molar-refractivity contribution in [1.29, 1.82) is 0 Å². The molecule has 0 unspecified atom stereocenters. The molecule has 0 aliphatic carbocycles. The molecule has 1 rings (SSSR count). The number of rotatable bonds is 12. The van der Waals surface area contributed by atoms with Crippen molar-refractivity contribution >= 4 is 58.1 Å². The van der Waals surface area contributed by atoms with Gasteiger partial charge in [0.15, 0.2) is 0 Å². The molecule has 0 bridgehead atoms. The second-order valence-corrected chi connectivity index (χ2v) is 15.8. The fourth-order valence-electron chi connectivity index (χ4n) is 3.69. The van der Waals surface area contributed by atoms with E-state index in [1.807, 2.05) is 0 Å². The summed E-state index contributed by atoms with van der Waals surface area (Å²) in [6.07, 6.45) is 0. The molecule has 252 valence electrons. The monoisotopic (exact) mass is 743 g/mol. The molecule has 1 atom stereocenters. The Bertz CT molecular complexity index is 1300. The molecule has 0 aliphatic rings. The van der Waals surface area contributed by atoms with E-state index in [0.717, 1.165) is 3.57 Å². The van der Waals surface area contributed by atoms with E-state index in [2.05, 4.69) is 49.2 Å². The average molecular weight is 744 g/mol. The van der Waals surface area contributed by atoms with Crippen LogP contribution in [0.2, 0.25) is 0 Å².